The van der Waals surface area contributed by atoms with E-state index in [4.69, 9.17) is 0 Å². The number of phenolic OH excluding ortho intramolecular Hbond substituents is 1. The topological polar surface area (TPSA) is 20.2 Å². The third kappa shape index (κ3) is 12.2. The SMILES string of the molecule is CCCCCCCCCCCCCCC(C)C(Cc1ccc(O)cc1)CC(C)(C)c1ccccc1. The van der Waals surface area contributed by atoms with E-state index < -0.39 is 0 Å². The van der Waals surface area contributed by atoms with Crippen molar-refractivity contribution in [2.45, 2.75) is 129 Å². The first-order valence-electron chi connectivity index (χ1n) is 14.8. The van der Waals surface area contributed by atoms with E-state index in [1.807, 2.05) is 12.1 Å². The minimum atomic E-state index is 0.160. The Morgan fingerprint density at radius 2 is 1.20 bits per heavy atom. The lowest BCUT2D eigenvalue weighted by molar-refractivity contribution is 0.255. The highest BCUT2D eigenvalue weighted by Crippen LogP contribution is 2.36. The highest BCUT2D eigenvalue weighted by Gasteiger charge is 2.28. The molecule has 0 radical (unpaired) electrons. The molecule has 2 aromatic rings. The van der Waals surface area contributed by atoms with Crippen LogP contribution in [0, 0.1) is 11.8 Å². The molecule has 0 aliphatic heterocycles. The van der Waals surface area contributed by atoms with E-state index >= 15 is 0 Å². The highest BCUT2D eigenvalue weighted by molar-refractivity contribution is 5.27. The van der Waals surface area contributed by atoms with Crippen molar-refractivity contribution in [1.82, 2.24) is 0 Å². The Bertz CT molecular complexity index is 761. The first kappa shape index (κ1) is 29.5. The van der Waals surface area contributed by atoms with Gasteiger partial charge in [0.1, 0.15) is 5.75 Å². The summed E-state index contributed by atoms with van der Waals surface area (Å²) >= 11 is 0. The Labute approximate surface area is 217 Å². The van der Waals surface area contributed by atoms with Crippen molar-refractivity contribution in [3.8, 4) is 5.75 Å². The van der Waals surface area contributed by atoms with E-state index in [1.165, 1.54) is 101 Å². The molecule has 0 fully saturated rings. The quantitative estimate of drug-likeness (QED) is 0.199. The van der Waals surface area contributed by atoms with E-state index in [9.17, 15) is 5.11 Å². The van der Waals surface area contributed by atoms with Crippen molar-refractivity contribution in [3.05, 3.63) is 65.7 Å². The molecule has 0 saturated carbocycles. The van der Waals surface area contributed by atoms with Crippen LogP contribution in [0.4, 0.5) is 0 Å². The van der Waals surface area contributed by atoms with Crippen molar-refractivity contribution >= 4 is 0 Å². The Morgan fingerprint density at radius 1 is 0.686 bits per heavy atom. The van der Waals surface area contributed by atoms with Gasteiger partial charge >= 0.3 is 0 Å². The molecule has 2 aromatic carbocycles. The first-order chi connectivity index (χ1) is 16.9. The summed E-state index contributed by atoms with van der Waals surface area (Å²) in [5.41, 5.74) is 2.94. The van der Waals surface area contributed by atoms with Gasteiger partial charge in [-0.15, -0.1) is 0 Å². The van der Waals surface area contributed by atoms with Gasteiger partial charge in [0.15, 0.2) is 0 Å². The average molecular weight is 479 g/mol. The fourth-order valence-electron chi connectivity index (χ4n) is 5.61. The summed E-state index contributed by atoms with van der Waals surface area (Å²) in [4.78, 5) is 0. The van der Waals surface area contributed by atoms with Gasteiger partial charge in [-0.3, -0.25) is 0 Å². The van der Waals surface area contributed by atoms with Crippen LogP contribution in [0.25, 0.3) is 0 Å². The molecule has 196 valence electrons. The maximum absolute atomic E-state index is 9.71. The molecule has 0 saturated heterocycles. The fraction of sp³-hybridized carbons (Fsp3) is 0.647. The second kappa shape index (κ2) is 16.8. The van der Waals surface area contributed by atoms with Crippen LogP contribution in [0.1, 0.15) is 129 Å². The van der Waals surface area contributed by atoms with Gasteiger partial charge in [-0.05, 0) is 53.4 Å². The van der Waals surface area contributed by atoms with Crippen molar-refractivity contribution in [2.75, 3.05) is 0 Å². The largest absolute Gasteiger partial charge is 0.508 e. The van der Waals surface area contributed by atoms with Gasteiger partial charge in [0.05, 0.1) is 0 Å². The number of hydrogen-bond acceptors (Lipinski definition) is 1. The van der Waals surface area contributed by atoms with E-state index in [2.05, 4.69) is 70.2 Å². The van der Waals surface area contributed by atoms with Gasteiger partial charge in [-0.1, -0.05) is 154 Å². The number of phenols is 1. The van der Waals surface area contributed by atoms with Crippen LogP contribution in [0.5, 0.6) is 5.75 Å². The zero-order valence-electron chi connectivity index (χ0n) is 23.4. The zero-order chi connectivity index (χ0) is 25.4. The molecular formula is C34H54O. The minimum absolute atomic E-state index is 0.160. The smallest absolute Gasteiger partial charge is 0.115 e. The zero-order valence-corrected chi connectivity index (χ0v) is 23.4. The second-order valence-electron chi connectivity index (χ2n) is 11.7. The Hall–Kier alpha value is -1.76. The molecule has 0 aliphatic rings. The molecule has 2 unspecified atom stereocenters. The molecule has 1 nitrogen and oxygen atoms in total. The van der Waals surface area contributed by atoms with Gasteiger partial charge in [-0.2, -0.15) is 0 Å². The average Bonchev–Trinajstić information content (AvgIpc) is 2.86. The van der Waals surface area contributed by atoms with Crippen LogP contribution in [-0.4, -0.2) is 5.11 Å². The maximum Gasteiger partial charge on any atom is 0.115 e. The van der Waals surface area contributed by atoms with E-state index in [0.29, 0.717) is 17.6 Å². The summed E-state index contributed by atoms with van der Waals surface area (Å²) in [5.74, 6) is 1.71. The summed E-state index contributed by atoms with van der Waals surface area (Å²) in [7, 11) is 0. The lowest BCUT2D eigenvalue weighted by atomic mass is 9.71. The molecule has 0 amide bonds. The molecule has 0 bridgehead atoms. The summed E-state index contributed by atoms with van der Waals surface area (Å²) in [5, 5.41) is 9.71. The molecule has 2 atom stereocenters. The standard InChI is InChI=1S/C34H54O/c1-5-6-7-8-9-10-11-12-13-14-15-17-20-29(2)31(27-30-23-25-33(35)26-24-30)28-34(3,4)32-21-18-16-19-22-32/h16,18-19,21-26,29,31,35H,5-15,17,20,27-28H2,1-4H3. The Kier molecular flexibility index (Phi) is 14.2. The lowest BCUT2D eigenvalue weighted by Gasteiger charge is -2.34. The van der Waals surface area contributed by atoms with Gasteiger partial charge < -0.3 is 5.11 Å². The van der Waals surface area contributed by atoms with Crippen LogP contribution < -0.4 is 0 Å². The summed E-state index contributed by atoms with van der Waals surface area (Å²) in [6.45, 7) is 9.58. The van der Waals surface area contributed by atoms with Crippen molar-refractivity contribution in [1.29, 1.82) is 0 Å². The van der Waals surface area contributed by atoms with E-state index in [0.717, 1.165) is 6.42 Å². The molecule has 0 spiro atoms. The molecule has 0 aromatic heterocycles. The van der Waals surface area contributed by atoms with Crippen molar-refractivity contribution in [3.63, 3.8) is 0 Å². The Balaban J connectivity index is 1.77. The Morgan fingerprint density at radius 3 is 1.74 bits per heavy atom. The molecular weight excluding hydrogens is 424 g/mol. The second-order valence-corrected chi connectivity index (χ2v) is 11.7. The van der Waals surface area contributed by atoms with Gasteiger partial charge in [0.2, 0.25) is 0 Å². The molecule has 1 N–H and O–H groups in total. The van der Waals surface area contributed by atoms with Gasteiger partial charge in [0.25, 0.3) is 0 Å². The predicted octanol–water partition coefficient (Wildman–Crippen LogP) is 10.6. The molecule has 0 aliphatic carbocycles. The predicted molar refractivity (Wildman–Crippen MR) is 154 cm³/mol. The number of benzene rings is 2. The van der Waals surface area contributed by atoms with E-state index in [-0.39, 0.29) is 5.41 Å². The number of unbranched alkanes of at least 4 members (excludes halogenated alkanes) is 11. The van der Waals surface area contributed by atoms with E-state index in [1.54, 1.807) is 0 Å². The number of hydrogen-bond donors (Lipinski definition) is 1. The van der Waals surface area contributed by atoms with Crippen LogP contribution >= 0.6 is 0 Å². The third-order valence-electron chi connectivity index (χ3n) is 8.08. The van der Waals surface area contributed by atoms with Gasteiger partial charge in [0, 0.05) is 0 Å². The molecule has 1 heteroatoms. The van der Waals surface area contributed by atoms with Crippen LogP contribution in [0.15, 0.2) is 54.6 Å². The number of aromatic hydroxyl groups is 1. The van der Waals surface area contributed by atoms with Gasteiger partial charge in [-0.25, -0.2) is 0 Å². The maximum atomic E-state index is 9.71. The van der Waals surface area contributed by atoms with Crippen LogP contribution in [0.2, 0.25) is 0 Å². The number of rotatable bonds is 19. The monoisotopic (exact) mass is 478 g/mol. The summed E-state index contributed by atoms with van der Waals surface area (Å²) < 4.78 is 0. The minimum Gasteiger partial charge on any atom is -0.508 e. The fourth-order valence-corrected chi connectivity index (χ4v) is 5.61. The van der Waals surface area contributed by atoms with Crippen molar-refractivity contribution in [2.24, 2.45) is 11.8 Å². The van der Waals surface area contributed by atoms with Crippen LogP contribution in [0.3, 0.4) is 0 Å². The normalized spacial score (nSPS) is 13.6. The van der Waals surface area contributed by atoms with Crippen molar-refractivity contribution < 1.29 is 5.11 Å². The molecule has 2 rings (SSSR count). The first-order valence-corrected chi connectivity index (χ1v) is 14.8. The summed E-state index contributed by atoms with van der Waals surface area (Å²) in [6.07, 6.45) is 20.6. The lowest BCUT2D eigenvalue weighted by Crippen LogP contribution is -2.26. The molecule has 0 heterocycles. The highest BCUT2D eigenvalue weighted by atomic mass is 16.3. The third-order valence-corrected chi connectivity index (χ3v) is 8.08. The summed E-state index contributed by atoms with van der Waals surface area (Å²) in [6, 6.07) is 18.9. The van der Waals surface area contributed by atoms with Crippen LogP contribution in [-0.2, 0) is 11.8 Å². The molecule has 35 heavy (non-hydrogen) atoms.